The Morgan fingerprint density at radius 2 is 1.50 bits per heavy atom. The molecule has 0 spiro atoms. The highest BCUT2D eigenvalue weighted by molar-refractivity contribution is 6.28. The lowest BCUT2D eigenvalue weighted by Crippen LogP contribution is -2.02. The summed E-state index contributed by atoms with van der Waals surface area (Å²) in [4.78, 5) is 12.4. The Balaban J connectivity index is 2.35. The smallest absolute Gasteiger partial charge is 0.193 e. The highest BCUT2D eigenvalue weighted by atomic mass is 16.1. The van der Waals surface area contributed by atoms with Gasteiger partial charge in [-0.1, -0.05) is 66.2 Å². The number of ketones is 1. The molecule has 0 aliphatic carbocycles. The molecule has 0 fully saturated rings. The lowest BCUT2D eigenvalue weighted by Gasteiger charge is -2.06. The van der Waals surface area contributed by atoms with Gasteiger partial charge in [-0.3, -0.25) is 4.79 Å². The predicted molar refractivity (Wildman–Crippen MR) is 75.6 cm³/mol. The van der Waals surface area contributed by atoms with Gasteiger partial charge in [0.2, 0.25) is 0 Å². The minimum absolute atomic E-state index is 0.0729. The third-order valence-corrected chi connectivity index (χ3v) is 2.93. The van der Waals surface area contributed by atoms with Gasteiger partial charge in [-0.05, 0) is 19.4 Å². The van der Waals surface area contributed by atoms with E-state index < -0.39 is 0 Å². The van der Waals surface area contributed by atoms with Gasteiger partial charge in [-0.2, -0.15) is 0 Å². The molecule has 18 heavy (non-hydrogen) atoms. The highest BCUT2D eigenvalue weighted by Crippen LogP contribution is 2.19. The lowest BCUT2D eigenvalue weighted by molar-refractivity contribution is 0.105. The number of hydrogen-bond donors (Lipinski definition) is 0. The van der Waals surface area contributed by atoms with E-state index in [0.717, 1.165) is 22.3 Å². The largest absolute Gasteiger partial charge is 0.289 e. The maximum absolute atomic E-state index is 12.4. The van der Waals surface area contributed by atoms with Crippen LogP contribution < -0.4 is 0 Å². The van der Waals surface area contributed by atoms with Crippen LogP contribution in [0.25, 0.3) is 5.57 Å². The van der Waals surface area contributed by atoms with Crippen molar-refractivity contribution in [1.82, 2.24) is 0 Å². The molecule has 1 nitrogen and oxygen atoms in total. The normalized spacial score (nSPS) is 11.3. The topological polar surface area (TPSA) is 17.1 Å². The first kappa shape index (κ1) is 12.3. The molecule has 0 N–H and O–H groups in total. The van der Waals surface area contributed by atoms with E-state index in [9.17, 15) is 4.79 Å². The number of allylic oxidation sites excluding steroid dienone is 2. The van der Waals surface area contributed by atoms with Crippen molar-refractivity contribution in [2.45, 2.75) is 13.8 Å². The molecular formula is C17H16O. The molecule has 0 aliphatic heterocycles. The Bertz CT molecular complexity index is 562. The van der Waals surface area contributed by atoms with Gasteiger partial charge in [0.05, 0.1) is 0 Å². The minimum Gasteiger partial charge on any atom is -0.289 e. The van der Waals surface area contributed by atoms with Gasteiger partial charge < -0.3 is 0 Å². The first-order valence-corrected chi connectivity index (χ1v) is 6.05. The Labute approximate surface area is 108 Å². The fourth-order valence-corrected chi connectivity index (χ4v) is 1.91. The number of hydrogen-bond acceptors (Lipinski definition) is 1. The first-order valence-electron chi connectivity index (χ1n) is 6.05. The van der Waals surface area contributed by atoms with Crippen LogP contribution in [0.3, 0.4) is 0 Å². The number of carbonyl (C=O) groups excluding carboxylic acids is 1. The first-order chi connectivity index (χ1) is 8.72. The second kappa shape index (κ2) is 5.46. The molecule has 0 unspecified atom stereocenters. The fourth-order valence-electron chi connectivity index (χ4n) is 1.91. The second-order valence-electron chi connectivity index (χ2n) is 4.26. The molecule has 0 bridgehead atoms. The molecule has 0 amide bonds. The molecule has 1 heteroatoms. The van der Waals surface area contributed by atoms with Crippen molar-refractivity contribution in [2.75, 3.05) is 0 Å². The van der Waals surface area contributed by atoms with Gasteiger partial charge in [-0.15, -0.1) is 0 Å². The lowest BCUT2D eigenvalue weighted by atomic mass is 9.96. The van der Waals surface area contributed by atoms with E-state index in [1.165, 1.54) is 0 Å². The third kappa shape index (κ3) is 2.57. The number of Topliss-reactive ketones (excluding diaryl/α,β-unsaturated/α-hetero) is 1. The number of benzene rings is 2. The van der Waals surface area contributed by atoms with Crippen molar-refractivity contribution in [1.29, 1.82) is 0 Å². The standard InChI is InChI=1S/C17H16O/c1-3-16(14-7-5-4-6-8-14)17(18)15-11-9-13(2)10-12-15/h3-12H,1-2H3. The molecule has 2 aromatic carbocycles. The zero-order chi connectivity index (χ0) is 13.0. The molecule has 0 saturated heterocycles. The van der Waals surface area contributed by atoms with Crippen LogP contribution in [-0.4, -0.2) is 5.78 Å². The highest BCUT2D eigenvalue weighted by Gasteiger charge is 2.12. The maximum atomic E-state index is 12.4. The van der Waals surface area contributed by atoms with E-state index in [1.807, 2.05) is 74.5 Å². The molecule has 0 saturated carbocycles. The Hall–Kier alpha value is -2.15. The molecule has 2 aromatic rings. The summed E-state index contributed by atoms with van der Waals surface area (Å²) in [5.41, 5.74) is 3.61. The Morgan fingerprint density at radius 1 is 0.889 bits per heavy atom. The van der Waals surface area contributed by atoms with Crippen LogP contribution in [0.1, 0.15) is 28.4 Å². The van der Waals surface area contributed by atoms with Crippen molar-refractivity contribution in [3.63, 3.8) is 0 Å². The van der Waals surface area contributed by atoms with Crippen LogP contribution in [0.4, 0.5) is 0 Å². The van der Waals surface area contributed by atoms with Crippen molar-refractivity contribution in [3.05, 3.63) is 77.4 Å². The molecule has 90 valence electrons. The summed E-state index contributed by atoms with van der Waals surface area (Å²) in [6, 6.07) is 17.4. The summed E-state index contributed by atoms with van der Waals surface area (Å²) in [6.45, 7) is 3.91. The van der Waals surface area contributed by atoms with Crippen LogP contribution in [0.15, 0.2) is 60.7 Å². The average molecular weight is 236 g/mol. The van der Waals surface area contributed by atoms with E-state index in [1.54, 1.807) is 0 Å². The van der Waals surface area contributed by atoms with Gasteiger partial charge in [-0.25, -0.2) is 0 Å². The third-order valence-electron chi connectivity index (χ3n) is 2.93. The van der Waals surface area contributed by atoms with Gasteiger partial charge in [0, 0.05) is 11.1 Å². The minimum atomic E-state index is 0.0729. The number of carbonyl (C=O) groups is 1. The summed E-state index contributed by atoms with van der Waals surface area (Å²) in [7, 11) is 0. The predicted octanol–water partition coefficient (Wildman–Crippen LogP) is 4.28. The quantitative estimate of drug-likeness (QED) is 0.574. The van der Waals surface area contributed by atoms with Crippen LogP contribution in [0, 0.1) is 6.92 Å². The zero-order valence-corrected chi connectivity index (χ0v) is 10.7. The molecule has 0 aromatic heterocycles. The van der Waals surface area contributed by atoms with Crippen molar-refractivity contribution in [3.8, 4) is 0 Å². The fraction of sp³-hybridized carbons (Fsp3) is 0.118. The van der Waals surface area contributed by atoms with Crippen molar-refractivity contribution in [2.24, 2.45) is 0 Å². The van der Waals surface area contributed by atoms with Gasteiger partial charge in [0.1, 0.15) is 0 Å². The molecule has 0 radical (unpaired) electrons. The van der Waals surface area contributed by atoms with E-state index in [0.29, 0.717) is 0 Å². The van der Waals surface area contributed by atoms with Crippen molar-refractivity contribution >= 4 is 11.4 Å². The number of aryl methyl sites for hydroxylation is 1. The molecule has 0 heterocycles. The molecule has 0 aliphatic rings. The Morgan fingerprint density at radius 3 is 2.06 bits per heavy atom. The van der Waals surface area contributed by atoms with E-state index in [4.69, 9.17) is 0 Å². The monoisotopic (exact) mass is 236 g/mol. The molecule has 2 rings (SSSR count). The molecular weight excluding hydrogens is 220 g/mol. The van der Waals surface area contributed by atoms with Crippen LogP contribution in [0.2, 0.25) is 0 Å². The van der Waals surface area contributed by atoms with E-state index in [2.05, 4.69) is 0 Å². The van der Waals surface area contributed by atoms with Crippen LogP contribution in [-0.2, 0) is 0 Å². The van der Waals surface area contributed by atoms with Gasteiger partial charge >= 0.3 is 0 Å². The summed E-state index contributed by atoms with van der Waals surface area (Å²) in [5.74, 6) is 0.0729. The van der Waals surface area contributed by atoms with E-state index >= 15 is 0 Å². The van der Waals surface area contributed by atoms with E-state index in [-0.39, 0.29) is 5.78 Å². The van der Waals surface area contributed by atoms with Crippen LogP contribution in [0.5, 0.6) is 0 Å². The summed E-state index contributed by atoms with van der Waals surface area (Å²) in [6.07, 6.45) is 1.87. The van der Waals surface area contributed by atoms with Crippen LogP contribution >= 0.6 is 0 Å². The van der Waals surface area contributed by atoms with Crippen molar-refractivity contribution < 1.29 is 4.79 Å². The van der Waals surface area contributed by atoms with Gasteiger partial charge in [0.25, 0.3) is 0 Å². The molecule has 0 atom stereocenters. The Kier molecular flexibility index (Phi) is 3.73. The SMILES string of the molecule is CC=C(C(=O)c1ccc(C)cc1)c1ccccc1. The zero-order valence-electron chi connectivity index (χ0n) is 10.7. The van der Waals surface area contributed by atoms with Gasteiger partial charge in [0.15, 0.2) is 5.78 Å². The number of rotatable bonds is 3. The summed E-state index contributed by atoms with van der Waals surface area (Å²) < 4.78 is 0. The maximum Gasteiger partial charge on any atom is 0.193 e. The summed E-state index contributed by atoms with van der Waals surface area (Å²) in [5, 5.41) is 0. The average Bonchev–Trinajstić information content (AvgIpc) is 2.41. The summed E-state index contributed by atoms with van der Waals surface area (Å²) >= 11 is 0. The second-order valence-corrected chi connectivity index (χ2v) is 4.26.